The second kappa shape index (κ2) is 2.75. The molecule has 1 aliphatic heterocycles. The predicted molar refractivity (Wildman–Crippen MR) is 47.1 cm³/mol. The van der Waals surface area contributed by atoms with Gasteiger partial charge in [0.25, 0.3) is 5.12 Å². The average Bonchev–Trinajstić information content (AvgIpc) is 2.12. The third-order valence-electron chi connectivity index (χ3n) is 1.81. The van der Waals surface area contributed by atoms with Gasteiger partial charge in [-0.15, -0.1) is 0 Å². The van der Waals surface area contributed by atoms with Crippen LogP contribution in [0.25, 0.3) is 0 Å². The third-order valence-corrected chi connectivity index (χ3v) is 2.71. The summed E-state index contributed by atoms with van der Waals surface area (Å²) in [6, 6.07) is 7.24. The van der Waals surface area contributed by atoms with Crippen molar-refractivity contribution in [3.63, 3.8) is 0 Å². The molecule has 0 aliphatic carbocycles. The van der Waals surface area contributed by atoms with Crippen molar-refractivity contribution >= 4 is 22.7 Å². The van der Waals surface area contributed by atoms with Gasteiger partial charge < -0.3 is 0 Å². The first-order chi connectivity index (χ1) is 5.79. The second-order valence-corrected chi connectivity index (χ2v) is 3.51. The summed E-state index contributed by atoms with van der Waals surface area (Å²) < 4.78 is 0. The van der Waals surface area contributed by atoms with Crippen LogP contribution in [0.5, 0.6) is 0 Å². The molecule has 0 spiro atoms. The molecular formula is C9H6O2S. The van der Waals surface area contributed by atoms with Crippen LogP contribution in [0.15, 0.2) is 24.3 Å². The zero-order valence-corrected chi connectivity index (χ0v) is 7.06. The lowest BCUT2D eigenvalue weighted by atomic mass is 10.1. The Morgan fingerprint density at radius 2 is 1.92 bits per heavy atom. The van der Waals surface area contributed by atoms with Gasteiger partial charge in [0.1, 0.15) is 0 Å². The van der Waals surface area contributed by atoms with Crippen molar-refractivity contribution in [2.75, 3.05) is 0 Å². The van der Waals surface area contributed by atoms with E-state index in [0.717, 1.165) is 17.3 Å². The molecule has 0 saturated heterocycles. The van der Waals surface area contributed by atoms with E-state index in [1.54, 1.807) is 12.1 Å². The molecule has 1 aromatic carbocycles. The SMILES string of the molecule is O=C1SCc2ccccc2C1=O. The van der Waals surface area contributed by atoms with Crippen LogP contribution in [0.1, 0.15) is 15.9 Å². The molecule has 0 fully saturated rings. The van der Waals surface area contributed by atoms with Crippen LogP contribution in [0.3, 0.4) is 0 Å². The molecule has 0 radical (unpaired) electrons. The van der Waals surface area contributed by atoms with Gasteiger partial charge in [-0.3, -0.25) is 9.59 Å². The van der Waals surface area contributed by atoms with Crippen molar-refractivity contribution in [3.05, 3.63) is 35.4 Å². The van der Waals surface area contributed by atoms with E-state index in [2.05, 4.69) is 0 Å². The highest BCUT2D eigenvalue weighted by molar-refractivity contribution is 8.15. The topological polar surface area (TPSA) is 34.1 Å². The lowest BCUT2D eigenvalue weighted by molar-refractivity contribution is -0.107. The Hall–Kier alpha value is -1.09. The molecule has 0 amide bonds. The van der Waals surface area contributed by atoms with Gasteiger partial charge in [-0.05, 0) is 5.56 Å². The van der Waals surface area contributed by atoms with Crippen LogP contribution in [0.2, 0.25) is 0 Å². The molecule has 60 valence electrons. The molecule has 1 heterocycles. The molecule has 2 rings (SSSR count). The van der Waals surface area contributed by atoms with Gasteiger partial charge in [0.2, 0.25) is 5.78 Å². The molecule has 1 aliphatic rings. The monoisotopic (exact) mass is 178 g/mol. The number of ketones is 1. The molecule has 3 heteroatoms. The van der Waals surface area contributed by atoms with Crippen molar-refractivity contribution in [1.29, 1.82) is 0 Å². The summed E-state index contributed by atoms with van der Waals surface area (Å²) >= 11 is 1.08. The summed E-state index contributed by atoms with van der Waals surface area (Å²) in [5.41, 5.74) is 1.54. The Labute approximate surface area is 74.0 Å². The van der Waals surface area contributed by atoms with Crippen molar-refractivity contribution in [2.24, 2.45) is 0 Å². The number of carbonyl (C=O) groups is 2. The van der Waals surface area contributed by atoms with E-state index in [1.807, 2.05) is 12.1 Å². The zero-order valence-electron chi connectivity index (χ0n) is 6.24. The minimum Gasteiger partial charge on any atom is -0.284 e. The molecule has 0 N–H and O–H groups in total. The van der Waals surface area contributed by atoms with Crippen LogP contribution in [0.4, 0.5) is 0 Å². The molecule has 0 unspecified atom stereocenters. The van der Waals surface area contributed by atoms with Gasteiger partial charge in [0.05, 0.1) is 0 Å². The minimum atomic E-state index is -0.359. The van der Waals surface area contributed by atoms with Crippen LogP contribution in [-0.2, 0) is 10.5 Å². The lowest BCUT2D eigenvalue weighted by Gasteiger charge is -2.11. The first kappa shape index (κ1) is 7.55. The van der Waals surface area contributed by atoms with E-state index < -0.39 is 0 Å². The van der Waals surface area contributed by atoms with Crippen molar-refractivity contribution < 1.29 is 9.59 Å². The fraction of sp³-hybridized carbons (Fsp3) is 0.111. The number of carbonyl (C=O) groups excluding carboxylic acids is 2. The largest absolute Gasteiger partial charge is 0.284 e. The number of hydrogen-bond donors (Lipinski definition) is 0. The van der Waals surface area contributed by atoms with Crippen molar-refractivity contribution in [2.45, 2.75) is 5.75 Å². The van der Waals surface area contributed by atoms with Crippen LogP contribution in [-0.4, -0.2) is 10.9 Å². The highest BCUT2D eigenvalue weighted by Crippen LogP contribution is 2.24. The maximum Gasteiger partial charge on any atom is 0.260 e. The quantitative estimate of drug-likeness (QED) is 0.566. The van der Waals surface area contributed by atoms with Crippen LogP contribution in [0, 0.1) is 0 Å². The third kappa shape index (κ3) is 1.06. The summed E-state index contributed by atoms with van der Waals surface area (Å²) in [6.07, 6.45) is 0. The fourth-order valence-electron chi connectivity index (χ4n) is 1.19. The highest BCUT2D eigenvalue weighted by atomic mass is 32.2. The van der Waals surface area contributed by atoms with E-state index in [0.29, 0.717) is 11.3 Å². The van der Waals surface area contributed by atoms with Gasteiger partial charge >= 0.3 is 0 Å². The number of Topliss-reactive ketones (excluding diaryl/α,β-unsaturated/α-hetero) is 1. The standard InChI is InChI=1S/C9H6O2S/c10-8-7-4-2-1-3-6(7)5-12-9(8)11/h1-4H,5H2. The molecule has 12 heavy (non-hydrogen) atoms. The minimum absolute atomic E-state index is 0.339. The molecule has 0 bridgehead atoms. The fourth-order valence-corrected chi connectivity index (χ4v) is 1.97. The van der Waals surface area contributed by atoms with Gasteiger partial charge in [0.15, 0.2) is 0 Å². The number of benzene rings is 1. The van der Waals surface area contributed by atoms with E-state index >= 15 is 0 Å². The number of hydrogen-bond acceptors (Lipinski definition) is 3. The molecule has 1 aromatic rings. The zero-order chi connectivity index (χ0) is 8.55. The first-order valence-corrected chi connectivity index (χ1v) is 4.57. The van der Waals surface area contributed by atoms with E-state index in [1.165, 1.54) is 0 Å². The summed E-state index contributed by atoms with van der Waals surface area (Å²) in [6.45, 7) is 0. The lowest BCUT2D eigenvalue weighted by Crippen LogP contribution is -2.17. The van der Waals surface area contributed by atoms with Crippen molar-refractivity contribution in [3.8, 4) is 0 Å². The molecule has 2 nitrogen and oxygen atoms in total. The maximum atomic E-state index is 11.2. The van der Waals surface area contributed by atoms with Gasteiger partial charge in [0, 0.05) is 11.3 Å². The van der Waals surface area contributed by atoms with Crippen LogP contribution >= 0.6 is 11.8 Å². The Morgan fingerprint density at radius 3 is 2.75 bits per heavy atom. The van der Waals surface area contributed by atoms with Crippen LogP contribution < -0.4 is 0 Å². The summed E-state index contributed by atoms with van der Waals surface area (Å²) in [7, 11) is 0. The number of fused-ring (bicyclic) bond motifs is 1. The molecule has 0 aromatic heterocycles. The van der Waals surface area contributed by atoms with Gasteiger partial charge in [-0.1, -0.05) is 36.0 Å². The van der Waals surface area contributed by atoms with Gasteiger partial charge in [-0.2, -0.15) is 0 Å². The Kier molecular flexibility index (Phi) is 1.73. The second-order valence-electron chi connectivity index (χ2n) is 2.56. The summed E-state index contributed by atoms with van der Waals surface area (Å²) in [4.78, 5) is 22.2. The Morgan fingerprint density at radius 1 is 1.17 bits per heavy atom. The smallest absolute Gasteiger partial charge is 0.260 e. The van der Waals surface area contributed by atoms with Crippen molar-refractivity contribution in [1.82, 2.24) is 0 Å². The summed E-state index contributed by atoms with van der Waals surface area (Å²) in [5.74, 6) is 0.266. The molecular weight excluding hydrogens is 172 g/mol. The van der Waals surface area contributed by atoms with E-state index in [4.69, 9.17) is 0 Å². The maximum absolute atomic E-state index is 11.2. The van der Waals surface area contributed by atoms with E-state index in [-0.39, 0.29) is 10.9 Å². The first-order valence-electron chi connectivity index (χ1n) is 3.58. The summed E-state index contributed by atoms with van der Waals surface area (Å²) in [5, 5.41) is -0.339. The molecule has 0 atom stereocenters. The Balaban J connectivity index is 2.56. The predicted octanol–water partition coefficient (Wildman–Crippen LogP) is 1.64. The average molecular weight is 178 g/mol. The van der Waals surface area contributed by atoms with Gasteiger partial charge in [-0.25, -0.2) is 0 Å². The number of thioether (sulfide) groups is 1. The molecule has 0 saturated carbocycles. The van der Waals surface area contributed by atoms with E-state index in [9.17, 15) is 9.59 Å². The normalized spacial score (nSPS) is 16.0. The Bertz CT molecular complexity index is 357. The highest BCUT2D eigenvalue weighted by Gasteiger charge is 2.24. The number of rotatable bonds is 0.